The number of esters is 1. The van der Waals surface area contributed by atoms with Gasteiger partial charge in [-0.2, -0.15) is 0 Å². The molecule has 2 aromatic rings. The smallest absolute Gasteiger partial charge is 0.304 e. The summed E-state index contributed by atoms with van der Waals surface area (Å²) in [5.74, 6) is 5.82. The molecule has 3 heteroatoms. The quantitative estimate of drug-likeness (QED) is 0.483. The van der Waals surface area contributed by atoms with Gasteiger partial charge in [0, 0.05) is 18.1 Å². The van der Waals surface area contributed by atoms with Crippen LogP contribution in [0.5, 0.6) is 0 Å². The van der Waals surface area contributed by atoms with E-state index in [1.165, 1.54) is 6.92 Å². The first-order valence-corrected chi connectivity index (χ1v) is 7.98. The van der Waals surface area contributed by atoms with Crippen LogP contribution in [0, 0.1) is 11.8 Å². The fraction of sp³-hybridized carbons (Fsp3) is 0.286. The summed E-state index contributed by atoms with van der Waals surface area (Å²) in [6.45, 7) is 5.49. The van der Waals surface area contributed by atoms with E-state index in [4.69, 9.17) is 9.47 Å². The van der Waals surface area contributed by atoms with E-state index in [2.05, 4.69) is 11.8 Å². The van der Waals surface area contributed by atoms with Gasteiger partial charge in [-0.3, -0.25) is 4.79 Å². The molecule has 1 heterocycles. The lowest BCUT2D eigenvalue weighted by Gasteiger charge is -2.15. The standard InChI is InChI=1S/C21H20O3/c1-15(22)23-19(14-13-16-9-5-4-6-10-16)17-11-7-8-12-18(17)20-21(2,3)24-20/h4-12,19-20H,1-3H3. The van der Waals surface area contributed by atoms with E-state index < -0.39 is 6.10 Å². The fourth-order valence-corrected chi connectivity index (χ4v) is 2.70. The first-order chi connectivity index (χ1) is 11.5. The molecule has 0 aliphatic carbocycles. The third-order valence-electron chi connectivity index (χ3n) is 3.96. The SMILES string of the molecule is CC(=O)OC(C#Cc1ccccc1)c1ccccc1C1OC1(C)C. The van der Waals surface area contributed by atoms with Gasteiger partial charge in [-0.25, -0.2) is 0 Å². The van der Waals surface area contributed by atoms with E-state index >= 15 is 0 Å². The molecule has 3 nitrogen and oxygen atoms in total. The summed E-state index contributed by atoms with van der Waals surface area (Å²) in [5.41, 5.74) is 2.60. The molecule has 1 fully saturated rings. The Morgan fingerprint density at radius 1 is 1.12 bits per heavy atom. The second-order valence-electron chi connectivity index (χ2n) is 6.36. The van der Waals surface area contributed by atoms with Crippen molar-refractivity contribution in [2.45, 2.75) is 38.6 Å². The van der Waals surface area contributed by atoms with Crippen molar-refractivity contribution in [3.05, 3.63) is 71.3 Å². The van der Waals surface area contributed by atoms with Crippen LogP contribution in [-0.2, 0) is 14.3 Å². The number of carbonyl (C=O) groups excluding carboxylic acids is 1. The van der Waals surface area contributed by atoms with Gasteiger partial charge in [0.15, 0.2) is 6.10 Å². The van der Waals surface area contributed by atoms with Gasteiger partial charge in [0.1, 0.15) is 6.10 Å². The van der Waals surface area contributed by atoms with Crippen LogP contribution in [0.1, 0.15) is 49.7 Å². The van der Waals surface area contributed by atoms with Crippen molar-refractivity contribution in [3.8, 4) is 11.8 Å². The molecule has 122 valence electrons. The van der Waals surface area contributed by atoms with Crippen molar-refractivity contribution in [1.82, 2.24) is 0 Å². The number of rotatable bonds is 3. The molecular weight excluding hydrogens is 300 g/mol. The Kier molecular flexibility index (Phi) is 4.42. The molecule has 2 atom stereocenters. The van der Waals surface area contributed by atoms with Gasteiger partial charge >= 0.3 is 5.97 Å². The normalized spacial score (nSPS) is 18.9. The summed E-state index contributed by atoms with van der Waals surface area (Å²) < 4.78 is 11.2. The Morgan fingerprint density at radius 2 is 1.75 bits per heavy atom. The first kappa shape index (κ1) is 16.3. The molecule has 0 spiro atoms. The predicted octanol–water partition coefficient (Wildman–Crippen LogP) is 4.19. The third-order valence-corrected chi connectivity index (χ3v) is 3.96. The number of carbonyl (C=O) groups is 1. The van der Waals surface area contributed by atoms with Crippen molar-refractivity contribution < 1.29 is 14.3 Å². The maximum atomic E-state index is 11.5. The Morgan fingerprint density at radius 3 is 2.38 bits per heavy atom. The Bertz CT molecular complexity index is 797. The molecule has 2 aromatic carbocycles. The summed E-state index contributed by atoms with van der Waals surface area (Å²) in [6.07, 6.45) is -0.607. The maximum absolute atomic E-state index is 11.5. The van der Waals surface area contributed by atoms with Gasteiger partial charge in [0.25, 0.3) is 0 Å². The van der Waals surface area contributed by atoms with Gasteiger partial charge < -0.3 is 9.47 Å². The van der Waals surface area contributed by atoms with Gasteiger partial charge in [-0.1, -0.05) is 48.4 Å². The highest BCUT2D eigenvalue weighted by molar-refractivity contribution is 5.67. The van der Waals surface area contributed by atoms with Crippen LogP contribution >= 0.6 is 0 Å². The molecule has 24 heavy (non-hydrogen) atoms. The largest absolute Gasteiger partial charge is 0.444 e. The number of benzene rings is 2. The first-order valence-electron chi connectivity index (χ1n) is 7.98. The van der Waals surface area contributed by atoms with Gasteiger partial charge in [-0.05, 0) is 37.5 Å². The van der Waals surface area contributed by atoms with Gasteiger partial charge in [0.2, 0.25) is 0 Å². The van der Waals surface area contributed by atoms with E-state index in [1.807, 2.05) is 68.4 Å². The van der Waals surface area contributed by atoms with Crippen molar-refractivity contribution in [3.63, 3.8) is 0 Å². The van der Waals surface area contributed by atoms with E-state index in [0.717, 1.165) is 16.7 Å². The zero-order valence-corrected chi connectivity index (χ0v) is 14.1. The zero-order valence-electron chi connectivity index (χ0n) is 14.1. The van der Waals surface area contributed by atoms with Crippen LogP contribution in [0.15, 0.2) is 54.6 Å². The lowest BCUT2D eigenvalue weighted by Crippen LogP contribution is -2.10. The minimum atomic E-state index is -0.612. The lowest BCUT2D eigenvalue weighted by atomic mass is 9.95. The summed E-state index contributed by atoms with van der Waals surface area (Å²) >= 11 is 0. The molecule has 0 radical (unpaired) electrons. The van der Waals surface area contributed by atoms with Crippen molar-refractivity contribution >= 4 is 5.97 Å². The van der Waals surface area contributed by atoms with Crippen LogP contribution in [0.3, 0.4) is 0 Å². The van der Waals surface area contributed by atoms with E-state index in [1.54, 1.807) is 0 Å². The Labute approximate surface area is 142 Å². The molecule has 1 aliphatic heterocycles. The molecule has 0 saturated carbocycles. The molecular formula is C21H20O3. The van der Waals surface area contributed by atoms with Crippen LogP contribution in [0.25, 0.3) is 0 Å². The van der Waals surface area contributed by atoms with Crippen LogP contribution in [0.4, 0.5) is 0 Å². The summed E-state index contributed by atoms with van der Waals surface area (Å²) in [7, 11) is 0. The van der Waals surface area contributed by atoms with E-state index in [-0.39, 0.29) is 17.7 Å². The Balaban J connectivity index is 1.96. The predicted molar refractivity (Wildman–Crippen MR) is 92.2 cm³/mol. The highest BCUT2D eigenvalue weighted by Crippen LogP contribution is 2.50. The molecule has 0 bridgehead atoms. The monoisotopic (exact) mass is 320 g/mol. The van der Waals surface area contributed by atoms with Crippen molar-refractivity contribution in [2.75, 3.05) is 0 Å². The summed E-state index contributed by atoms with van der Waals surface area (Å²) in [6, 6.07) is 17.5. The molecule has 3 rings (SSSR count). The van der Waals surface area contributed by atoms with Gasteiger partial charge in [-0.15, -0.1) is 0 Å². The molecule has 1 aliphatic rings. The van der Waals surface area contributed by atoms with Crippen LogP contribution in [-0.4, -0.2) is 11.6 Å². The average molecular weight is 320 g/mol. The molecule has 0 aromatic heterocycles. The molecule has 1 saturated heterocycles. The van der Waals surface area contributed by atoms with Crippen molar-refractivity contribution in [1.29, 1.82) is 0 Å². The second kappa shape index (κ2) is 6.51. The van der Waals surface area contributed by atoms with E-state index in [9.17, 15) is 4.79 Å². The molecule has 0 N–H and O–H groups in total. The van der Waals surface area contributed by atoms with Crippen LogP contribution < -0.4 is 0 Å². The average Bonchev–Trinajstić information content (AvgIpc) is 3.20. The topological polar surface area (TPSA) is 38.8 Å². The minimum Gasteiger partial charge on any atom is -0.444 e. The summed E-state index contributed by atoms with van der Waals surface area (Å²) in [4.78, 5) is 11.5. The second-order valence-corrected chi connectivity index (χ2v) is 6.36. The fourth-order valence-electron chi connectivity index (χ4n) is 2.70. The van der Waals surface area contributed by atoms with E-state index in [0.29, 0.717) is 0 Å². The highest BCUT2D eigenvalue weighted by Gasteiger charge is 2.50. The number of ether oxygens (including phenoxy) is 2. The minimum absolute atomic E-state index is 0.00489. The Hall–Kier alpha value is -2.57. The van der Waals surface area contributed by atoms with Crippen LogP contribution in [0.2, 0.25) is 0 Å². The van der Waals surface area contributed by atoms with Crippen molar-refractivity contribution in [2.24, 2.45) is 0 Å². The number of epoxide rings is 1. The lowest BCUT2D eigenvalue weighted by molar-refractivity contribution is -0.144. The number of hydrogen-bond donors (Lipinski definition) is 0. The van der Waals surface area contributed by atoms with Gasteiger partial charge in [0.05, 0.1) is 5.60 Å². The number of hydrogen-bond acceptors (Lipinski definition) is 3. The maximum Gasteiger partial charge on any atom is 0.304 e. The summed E-state index contributed by atoms with van der Waals surface area (Å²) in [5, 5.41) is 0. The third kappa shape index (κ3) is 3.67. The molecule has 0 amide bonds. The zero-order chi connectivity index (χ0) is 17.2. The highest BCUT2D eigenvalue weighted by atomic mass is 16.6. The molecule has 2 unspecified atom stereocenters.